The molecule has 3 heterocycles. The number of hydrogen-bond acceptors (Lipinski definition) is 8. The number of anilines is 1. The number of sulfonamides is 1. The Bertz CT molecular complexity index is 1120. The lowest BCUT2D eigenvalue weighted by Crippen LogP contribution is -2.49. The Kier molecular flexibility index (Phi) is 6.30. The van der Waals surface area contributed by atoms with Gasteiger partial charge in [-0.3, -0.25) is 0 Å². The van der Waals surface area contributed by atoms with Gasteiger partial charge in [-0.05, 0) is 54.8 Å². The molecule has 162 valence electrons. The van der Waals surface area contributed by atoms with Gasteiger partial charge in [0.2, 0.25) is 10.0 Å². The topological polar surface area (TPSA) is 92.7 Å². The fourth-order valence-electron chi connectivity index (χ4n) is 3.33. The summed E-state index contributed by atoms with van der Waals surface area (Å²) in [5, 5.41) is 10.6. The standard InChI is InChI=1S/C21H22N4O4S2/c1-2-29-21(26)16-5-7-17(8-6-16)31(27,28)25-13-11-24(12-14-25)20-10-9-18(22-23-20)19-4-3-15-30-19/h3-10,15H,2,11-14H2,1H3. The maximum absolute atomic E-state index is 13.0. The zero-order valence-corrected chi connectivity index (χ0v) is 18.6. The van der Waals surface area contributed by atoms with E-state index in [0.29, 0.717) is 31.7 Å². The van der Waals surface area contributed by atoms with Gasteiger partial charge in [-0.25, -0.2) is 13.2 Å². The first-order valence-corrected chi connectivity index (χ1v) is 12.2. The third kappa shape index (κ3) is 4.60. The van der Waals surface area contributed by atoms with Crippen LogP contribution in [0.2, 0.25) is 0 Å². The molecule has 0 atom stereocenters. The second kappa shape index (κ2) is 9.13. The summed E-state index contributed by atoms with van der Waals surface area (Å²) in [5.74, 6) is 0.266. The second-order valence-corrected chi connectivity index (χ2v) is 9.78. The molecule has 2 aromatic heterocycles. The number of ether oxygens (including phenoxy) is 1. The fraction of sp³-hybridized carbons (Fsp3) is 0.286. The second-order valence-electron chi connectivity index (χ2n) is 6.89. The van der Waals surface area contributed by atoms with Crippen molar-refractivity contribution in [2.75, 3.05) is 37.7 Å². The van der Waals surface area contributed by atoms with Crippen LogP contribution in [0.5, 0.6) is 0 Å². The molecule has 0 unspecified atom stereocenters. The van der Waals surface area contributed by atoms with Crippen molar-refractivity contribution in [1.29, 1.82) is 0 Å². The van der Waals surface area contributed by atoms with Crippen molar-refractivity contribution in [1.82, 2.24) is 14.5 Å². The minimum atomic E-state index is -3.64. The normalized spacial score (nSPS) is 15.1. The Morgan fingerprint density at radius 1 is 1.03 bits per heavy atom. The molecule has 0 amide bonds. The van der Waals surface area contributed by atoms with Gasteiger partial charge in [0.25, 0.3) is 0 Å². The van der Waals surface area contributed by atoms with Gasteiger partial charge in [0.05, 0.1) is 21.9 Å². The van der Waals surface area contributed by atoms with Crippen LogP contribution >= 0.6 is 11.3 Å². The van der Waals surface area contributed by atoms with E-state index in [-0.39, 0.29) is 11.5 Å². The van der Waals surface area contributed by atoms with E-state index in [0.717, 1.165) is 16.4 Å². The van der Waals surface area contributed by atoms with Crippen molar-refractivity contribution in [3.8, 4) is 10.6 Å². The number of rotatable bonds is 6. The Balaban J connectivity index is 1.40. The van der Waals surface area contributed by atoms with Crippen molar-refractivity contribution >= 4 is 33.1 Å². The van der Waals surface area contributed by atoms with Crippen LogP contribution in [0.4, 0.5) is 5.82 Å². The predicted molar refractivity (Wildman–Crippen MR) is 119 cm³/mol. The van der Waals surface area contributed by atoms with Gasteiger partial charge in [-0.15, -0.1) is 21.5 Å². The van der Waals surface area contributed by atoms with E-state index in [1.54, 1.807) is 18.3 Å². The maximum atomic E-state index is 13.0. The molecule has 0 aliphatic carbocycles. The first-order valence-electron chi connectivity index (χ1n) is 9.89. The van der Waals surface area contributed by atoms with Crippen LogP contribution in [0, 0.1) is 0 Å². The molecule has 3 aromatic rings. The molecule has 8 nitrogen and oxygen atoms in total. The molecule has 1 aromatic carbocycles. The number of esters is 1. The summed E-state index contributed by atoms with van der Waals surface area (Å²) in [6.07, 6.45) is 0. The fourth-order valence-corrected chi connectivity index (χ4v) is 5.45. The van der Waals surface area contributed by atoms with Gasteiger partial charge in [0.1, 0.15) is 5.69 Å². The molecule has 10 heteroatoms. The zero-order chi connectivity index (χ0) is 21.8. The van der Waals surface area contributed by atoms with Crippen LogP contribution in [-0.2, 0) is 14.8 Å². The van der Waals surface area contributed by atoms with E-state index in [4.69, 9.17) is 4.74 Å². The summed E-state index contributed by atoms with van der Waals surface area (Å²) in [6, 6.07) is 13.7. The molecule has 0 spiro atoms. The van der Waals surface area contributed by atoms with E-state index in [1.165, 1.54) is 28.6 Å². The smallest absolute Gasteiger partial charge is 0.338 e. The number of piperazine rings is 1. The zero-order valence-electron chi connectivity index (χ0n) is 17.0. The van der Waals surface area contributed by atoms with Crippen LogP contribution in [0.1, 0.15) is 17.3 Å². The largest absolute Gasteiger partial charge is 0.462 e. The Morgan fingerprint density at radius 2 is 1.77 bits per heavy atom. The summed E-state index contributed by atoms with van der Waals surface area (Å²) in [7, 11) is -3.64. The maximum Gasteiger partial charge on any atom is 0.338 e. The predicted octanol–water partition coefficient (Wildman–Crippen LogP) is 2.89. The first-order chi connectivity index (χ1) is 15.0. The van der Waals surface area contributed by atoms with E-state index in [1.807, 2.05) is 34.5 Å². The summed E-state index contributed by atoms with van der Waals surface area (Å²) in [6.45, 7) is 3.72. The number of hydrogen-bond donors (Lipinski definition) is 0. The quantitative estimate of drug-likeness (QED) is 0.525. The minimum absolute atomic E-state index is 0.161. The van der Waals surface area contributed by atoms with Crippen LogP contribution < -0.4 is 4.90 Å². The van der Waals surface area contributed by atoms with Gasteiger partial charge in [-0.1, -0.05) is 6.07 Å². The van der Waals surface area contributed by atoms with Crippen LogP contribution in [0.15, 0.2) is 58.8 Å². The van der Waals surface area contributed by atoms with Gasteiger partial charge in [0.15, 0.2) is 5.82 Å². The number of thiophene rings is 1. The molecular weight excluding hydrogens is 436 g/mol. The molecule has 1 aliphatic heterocycles. The lowest BCUT2D eigenvalue weighted by atomic mass is 10.2. The van der Waals surface area contributed by atoms with E-state index < -0.39 is 16.0 Å². The molecule has 1 aliphatic rings. The number of carbonyl (C=O) groups is 1. The summed E-state index contributed by atoms with van der Waals surface area (Å²) in [4.78, 5) is 15.0. The first kappa shape index (κ1) is 21.4. The monoisotopic (exact) mass is 458 g/mol. The van der Waals surface area contributed by atoms with E-state index in [2.05, 4.69) is 10.2 Å². The molecule has 1 fully saturated rings. The number of carbonyl (C=O) groups excluding carboxylic acids is 1. The highest BCUT2D eigenvalue weighted by atomic mass is 32.2. The van der Waals surface area contributed by atoms with Gasteiger partial charge >= 0.3 is 5.97 Å². The highest BCUT2D eigenvalue weighted by molar-refractivity contribution is 7.89. The number of benzene rings is 1. The van der Waals surface area contributed by atoms with Gasteiger partial charge < -0.3 is 9.64 Å². The number of aromatic nitrogens is 2. The SMILES string of the molecule is CCOC(=O)c1ccc(S(=O)(=O)N2CCN(c3ccc(-c4cccs4)nn3)CC2)cc1. The van der Waals surface area contributed by atoms with Crippen molar-refractivity contribution in [2.24, 2.45) is 0 Å². The van der Waals surface area contributed by atoms with E-state index >= 15 is 0 Å². The van der Waals surface area contributed by atoms with Crippen molar-refractivity contribution in [3.63, 3.8) is 0 Å². The van der Waals surface area contributed by atoms with Crippen LogP contribution in [0.3, 0.4) is 0 Å². The lowest BCUT2D eigenvalue weighted by Gasteiger charge is -2.34. The van der Waals surface area contributed by atoms with Gasteiger partial charge in [-0.2, -0.15) is 4.31 Å². The van der Waals surface area contributed by atoms with Crippen LogP contribution in [0.25, 0.3) is 10.6 Å². The molecule has 0 radical (unpaired) electrons. The van der Waals surface area contributed by atoms with Crippen molar-refractivity contribution < 1.29 is 17.9 Å². The van der Waals surface area contributed by atoms with Crippen molar-refractivity contribution in [3.05, 3.63) is 59.5 Å². The summed E-state index contributed by atoms with van der Waals surface area (Å²) >= 11 is 1.61. The molecular formula is C21H22N4O4S2. The van der Waals surface area contributed by atoms with Gasteiger partial charge in [0, 0.05) is 26.2 Å². The van der Waals surface area contributed by atoms with Crippen molar-refractivity contribution in [2.45, 2.75) is 11.8 Å². The molecule has 4 rings (SSSR count). The molecule has 0 N–H and O–H groups in total. The van der Waals surface area contributed by atoms with E-state index in [9.17, 15) is 13.2 Å². The number of nitrogens with zero attached hydrogens (tertiary/aromatic N) is 4. The lowest BCUT2D eigenvalue weighted by molar-refractivity contribution is 0.0526. The average molecular weight is 459 g/mol. The highest BCUT2D eigenvalue weighted by Crippen LogP contribution is 2.24. The Hall–Kier alpha value is -2.82. The van der Waals surface area contributed by atoms with Crippen LogP contribution in [-0.4, -0.2) is 61.7 Å². The Morgan fingerprint density at radius 3 is 2.35 bits per heavy atom. The molecule has 1 saturated heterocycles. The Labute approximate surface area is 185 Å². The summed E-state index contributed by atoms with van der Waals surface area (Å²) in [5.41, 5.74) is 1.15. The highest BCUT2D eigenvalue weighted by Gasteiger charge is 2.29. The third-order valence-corrected chi connectivity index (χ3v) is 7.80. The summed E-state index contributed by atoms with van der Waals surface area (Å²) < 4.78 is 32.3. The third-order valence-electron chi connectivity index (χ3n) is 4.99. The molecule has 0 bridgehead atoms. The molecule has 0 saturated carbocycles. The molecule has 31 heavy (non-hydrogen) atoms. The minimum Gasteiger partial charge on any atom is -0.462 e. The average Bonchev–Trinajstić information content (AvgIpc) is 3.35.